The molecule has 1 fully saturated rings. The largest absolute Gasteiger partial charge is 0.352 e. The minimum Gasteiger partial charge on any atom is -0.352 e. The van der Waals surface area contributed by atoms with E-state index in [1.54, 1.807) is 15.9 Å². The lowest BCUT2D eigenvalue weighted by Crippen LogP contribution is -2.41. The van der Waals surface area contributed by atoms with Crippen molar-refractivity contribution in [1.82, 2.24) is 19.8 Å². The molecule has 0 aromatic carbocycles. The molecule has 0 saturated heterocycles. The number of rotatable bonds is 5. The van der Waals surface area contributed by atoms with Gasteiger partial charge in [-0.15, -0.1) is 11.3 Å². The third-order valence-corrected chi connectivity index (χ3v) is 7.37. The standard InChI is InChI=1S/C22H32N4O2S/c1-14-9-10-16-17(11-14)29-21-20(16)22(28)26(18(24-21)12-25(2)3)13-19(27)23-15-7-5-4-6-8-15/h14-15H,4-13H2,1-3H3,(H,23,27). The van der Waals surface area contributed by atoms with E-state index in [0.717, 1.165) is 42.3 Å². The zero-order chi connectivity index (χ0) is 20.5. The summed E-state index contributed by atoms with van der Waals surface area (Å²) in [7, 11) is 3.92. The molecular formula is C22H32N4O2S. The van der Waals surface area contributed by atoms with Gasteiger partial charge in [0.2, 0.25) is 5.91 Å². The number of amides is 1. The van der Waals surface area contributed by atoms with Crippen LogP contribution in [0.3, 0.4) is 0 Å². The lowest BCUT2D eigenvalue weighted by Gasteiger charge is -2.23. The van der Waals surface area contributed by atoms with Gasteiger partial charge in [0.15, 0.2) is 0 Å². The topological polar surface area (TPSA) is 67.2 Å². The molecular weight excluding hydrogens is 384 g/mol. The van der Waals surface area contributed by atoms with Crippen LogP contribution >= 0.6 is 11.3 Å². The monoisotopic (exact) mass is 416 g/mol. The van der Waals surface area contributed by atoms with E-state index in [4.69, 9.17) is 4.98 Å². The smallest absolute Gasteiger partial charge is 0.263 e. The average Bonchev–Trinajstić information content (AvgIpc) is 3.02. The molecule has 0 bridgehead atoms. The van der Waals surface area contributed by atoms with E-state index in [1.807, 2.05) is 19.0 Å². The van der Waals surface area contributed by atoms with Crippen LogP contribution in [0, 0.1) is 5.92 Å². The molecule has 4 rings (SSSR count). The van der Waals surface area contributed by atoms with Crippen LogP contribution in [0.2, 0.25) is 0 Å². The van der Waals surface area contributed by atoms with Gasteiger partial charge in [0.25, 0.3) is 5.56 Å². The fourth-order valence-corrected chi connectivity index (χ4v) is 6.09. The van der Waals surface area contributed by atoms with Crippen LogP contribution in [0.1, 0.15) is 61.7 Å². The highest BCUT2D eigenvalue weighted by atomic mass is 32.1. The van der Waals surface area contributed by atoms with Gasteiger partial charge in [-0.25, -0.2) is 4.98 Å². The second-order valence-corrected chi connectivity index (χ2v) is 10.2. The molecule has 2 aromatic rings. The van der Waals surface area contributed by atoms with E-state index in [-0.39, 0.29) is 24.1 Å². The minimum absolute atomic E-state index is 0.0438. The summed E-state index contributed by atoms with van der Waals surface area (Å²) in [5.41, 5.74) is 1.14. The Morgan fingerprint density at radius 3 is 2.72 bits per heavy atom. The molecule has 1 N–H and O–H groups in total. The van der Waals surface area contributed by atoms with Crippen LogP contribution in [0.25, 0.3) is 10.2 Å². The minimum atomic E-state index is -0.0714. The first-order chi connectivity index (χ1) is 13.9. The van der Waals surface area contributed by atoms with E-state index in [2.05, 4.69) is 12.2 Å². The highest BCUT2D eigenvalue weighted by Gasteiger charge is 2.25. The van der Waals surface area contributed by atoms with Crippen molar-refractivity contribution in [2.75, 3.05) is 14.1 Å². The van der Waals surface area contributed by atoms with E-state index in [1.165, 1.54) is 29.7 Å². The molecule has 2 aliphatic rings. The summed E-state index contributed by atoms with van der Waals surface area (Å²) in [4.78, 5) is 35.3. The molecule has 158 valence electrons. The number of thiophene rings is 1. The maximum atomic E-state index is 13.5. The molecule has 0 spiro atoms. The van der Waals surface area contributed by atoms with Crippen molar-refractivity contribution < 1.29 is 4.79 Å². The van der Waals surface area contributed by atoms with Crippen LogP contribution in [0.15, 0.2) is 4.79 Å². The zero-order valence-electron chi connectivity index (χ0n) is 17.8. The van der Waals surface area contributed by atoms with Crippen LogP contribution in [0.5, 0.6) is 0 Å². The van der Waals surface area contributed by atoms with Crippen molar-refractivity contribution in [3.8, 4) is 0 Å². The molecule has 1 amide bonds. The Labute approximate surface area is 176 Å². The molecule has 1 unspecified atom stereocenters. The molecule has 0 radical (unpaired) electrons. The third kappa shape index (κ3) is 4.40. The summed E-state index contributed by atoms with van der Waals surface area (Å²) >= 11 is 1.67. The summed E-state index contributed by atoms with van der Waals surface area (Å²) in [5.74, 6) is 1.26. The van der Waals surface area contributed by atoms with Gasteiger partial charge in [-0.1, -0.05) is 26.2 Å². The number of carbonyl (C=O) groups is 1. The van der Waals surface area contributed by atoms with Crippen LogP contribution in [0.4, 0.5) is 0 Å². The number of hydrogen-bond donors (Lipinski definition) is 1. The number of nitrogens with zero attached hydrogens (tertiary/aromatic N) is 3. The second kappa shape index (κ2) is 8.56. The molecule has 2 heterocycles. The van der Waals surface area contributed by atoms with Crippen molar-refractivity contribution >= 4 is 27.5 Å². The highest BCUT2D eigenvalue weighted by Crippen LogP contribution is 2.35. The maximum absolute atomic E-state index is 13.5. The van der Waals surface area contributed by atoms with Crippen molar-refractivity contribution in [2.24, 2.45) is 5.92 Å². The first kappa shape index (κ1) is 20.5. The Morgan fingerprint density at radius 1 is 1.24 bits per heavy atom. The quantitative estimate of drug-likeness (QED) is 0.813. The SMILES string of the molecule is CC1CCc2c(sc3nc(CN(C)C)n(CC(=O)NC4CCCCC4)c(=O)c23)C1. The predicted octanol–water partition coefficient (Wildman–Crippen LogP) is 3.09. The van der Waals surface area contributed by atoms with E-state index >= 15 is 0 Å². The van der Waals surface area contributed by atoms with Gasteiger partial charge in [-0.2, -0.15) is 0 Å². The molecule has 1 atom stereocenters. The number of hydrogen-bond acceptors (Lipinski definition) is 5. The van der Waals surface area contributed by atoms with Gasteiger partial charge >= 0.3 is 0 Å². The second-order valence-electron chi connectivity index (χ2n) is 9.09. The number of carbonyl (C=O) groups excluding carboxylic acids is 1. The predicted molar refractivity (Wildman–Crippen MR) is 117 cm³/mol. The molecule has 0 aliphatic heterocycles. The fraction of sp³-hybridized carbons (Fsp3) is 0.682. The van der Waals surface area contributed by atoms with Gasteiger partial charge in [-0.05, 0) is 57.7 Å². The maximum Gasteiger partial charge on any atom is 0.263 e. The normalized spacial score (nSPS) is 20.2. The van der Waals surface area contributed by atoms with Crippen molar-refractivity contribution in [3.05, 3.63) is 26.6 Å². The molecule has 6 nitrogen and oxygen atoms in total. The summed E-state index contributed by atoms with van der Waals surface area (Å²) in [5, 5.41) is 3.90. The molecule has 2 aromatic heterocycles. The Kier molecular flexibility index (Phi) is 6.06. The zero-order valence-corrected chi connectivity index (χ0v) is 18.6. The Balaban J connectivity index is 1.69. The number of fused-ring (bicyclic) bond motifs is 3. The third-order valence-electron chi connectivity index (χ3n) is 6.22. The van der Waals surface area contributed by atoms with Gasteiger partial charge in [-0.3, -0.25) is 14.2 Å². The van der Waals surface area contributed by atoms with Crippen molar-refractivity contribution in [2.45, 2.75) is 77.4 Å². The summed E-state index contributed by atoms with van der Waals surface area (Å²) in [6.45, 7) is 2.87. The summed E-state index contributed by atoms with van der Waals surface area (Å²) in [6.07, 6.45) is 8.75. The van der Waals surface area contributed by atoms with E-state index in [0.29, 0.717) is 18.3 Å². The van der Waals surface area contributed by atoms with Crippen LogP contribution < -0.4 is 10.9 Å². The Morgan fingerprint density at radius 2 is 2.00 bits per heavy atom. The molecule has 2 aliphatic carbocycles. The van der Waals surface area contributed by atoms with Gasteiger partial charge in [0, 0.05) is 10.9 Å². The Hall–Kier alpha value is -1.73. The Bertz CT molecular complexity index is 956. The van der Waals surface area contributed by atoms with Gasteiger partial charge in [0.1, 0.15) is 17.2 Å². The molecule has 7 heteroatoms. The van der Waals surface area contributed by atoms with Crippen LogP contribution in [-0.4, -0.2) is 40.5 Å². The lowest BCUT2D eigenvalue weighted by molar-refractivity contribution is -0.122. The highest BCUT2D eigenvalue weighted by molar-refractivity contribution is 7.18. The lowest BCUT2D eigenvalue weighted by atomic mass is 9.89. The molecule has 1 saturated carbocycles. The van der Waals surface area contributed by atoms with Crippen LogP contribution in [-0.2, 0) is 30.7 Å². The van der Waals surface area contributed by atoms with Crippen molar-refractivity contribution in [1.29, 1.82) is 0 Å². The molecule has 29 heavy (non-hydrogen) atoms. The number of nitrogens with one attached hydrogen (secondary N) is 1. The average molecular weight is 417 g/mol. The van der Waals surface area contributed by atoms with E-state index < -0.39 is 0 Å². The van der Waals surface area contributed by atoms with Gasteiger partial charge in [0.05, 0.1) is 11.9 Å². The summed E-state index contributed by atoms with van der Waals surface area (Å²) in [6, 6.07) is 0.247. The first-order valence-electron chi connectivity index (χ1n) is 10.9. The summed E-state index contributed by atoms with van der Waals surface area (Å²) < 4.78 is 1.62. The van der Waals surface area contributed by atoms with Gasteiger partial charge < -0.3 is 10.2 Å². The number of aromatic nitrogens is 2. The van der Waals surface area contributed by atoms with Crippen molar-refractivity contribution in [3.63, 3.8) is 0 Å². The fourth-order valence-electron chi connectivity index (χ4n) is 4.70. The van der Waals surface area contributed by atoms with E-state index in [9.17, 15) is 9.59 Å². The first-order valence-corrected chi connectivity index (χ1v) is 11.7. The number of aryl methyl sites for hydroxylation is 1.